The number of aromatic nitrogens is 3. The third-order valence-electron chi connectivity index (χ3n) is 4.86. The summed E-state index contributed by atoms with van der Waals surface area (Å²) in [6.07, 6.45) is 5.57. The Hall–Kier alpha value is -3.75. The van der Waals surface area contributed by atoms with Crippen LogP contribution in [0.25, 0.3) is 23.2 Å². The van der Waals surface area contributed by atoms with Crippen molar-refractivity contribution in [1.29, 1.82) is 0 Å². The molecule has 0 aliphatic heterocycles. The lowest BCUT2D eigenvalue weighted by Gasteiger charge is -2.11. The Morgan fingerprint density at radius 1 is 1.03 bits per heavy atom. The fourth-order valence-corrected chi connectivity index (χ4v) is 4.77. The summed E-state index contributed by atoms with van der Waals surface area (Å²) in [7, 11) is 1.60. The van der Waals surface area contributed by atoms with E-state index in [1.807, 2.05) is 84.3 Å². The minimum Gasteiger partial charge on any atom is -0.493 e. The molecule has 0 spiro atoms. The first-order valence-corrected chi connectivity index (χ1v) is 11.9. The van der Waals surface area contributed by atoms with Crippen LogP contribution in [0.4, 0.5) is 0 Å². The number of ether oxygens (including phenoxy) is 2. The highest BCUT2D eigenvalue weighted by molar-refractivity contribution is 7.15. The molecule has 2 aromatic carbocycles. The smallest absolute Gasteiger partial charge is 0.291 e. The predicted octanol–water partition coefficient (Wildman–Crippen LogP) is 4.52. The van der Waals surface area contributed by atoms with Crippen LogP contribution in [0.1, 0.15) is 21.8 Å². The molecule has 6 nitrogen and oxygen atoms in total. The third kappa shape index (κ3) is 4.72. The van der Waals surface area contributed by atoms with Crippen LogP contribution < -0.4 is 19.6 Å². The molecule has 0 amide bonds. The van der Waals surface area contributed by atoms with Crippen LogP contribution in [0.3, 0.4) is 0 Å². The van der Waals surface area contributed by atoms with E-state index in [0.717, 1.165) is 16.0 Å². The molecule has 0 fully saturated rings. The zero-order valence-electron chi connectivity index (χ0n) is 17.7. The first kappa shape index (κ1) is 21.1. The van der Waals surface area contributed by atoms with Gasteiger partial charge in [0.2, 0.25) is 4.96 Å². The van der Waals surface area contributed by atoms with Crippen molar-refractivity contribution in [3.05, 3.63) is 103 Å². The van der Waals surface area contributed by atoms with Crippen LogP contribution in [0, 0.1) is 0 Å². The topological polar surface area (TPSA) is 65.7 Å². The maximum Gasteiger partial charge on any atom is 0.291 e. The van der Waals surface area contributed by atoms with Gasteiger partial charge < -0.3 is 9.47 Å². The molecule has 0 saturated heterocycles. The van der Waals surface area contributed by atoms with Crippen LogP contribution in [-0.2, 0) is 6.61 Å². The van der Waals surface area contributed by atoms with Gasteiger partial charge in [0.15, 0.2) is 17.3 Å². The highest BCUT2D eigenvalue weighted by atomic mass is 32.1. The largest absolute Gasteiger partial charge is 0.493 e. The van der Waals surface area contributed by atoms with Crippen molar-refractivity contribution in [3.63, 3.8) is 0 Å². The van der Waals surface area contributed by atoms with Crippen molar-refractivity contribution in [1.82, 2.24) is 14.6 Å². The Labute approximate surface area is 197 Å². The molecule has 3 heterocycles. The Kier molecular flexibility index (Phi) is 6.01. The molecule has 0 bridgehead atoms. The maximum absolute atomic E-state index is 12.8. The fraction of sp³-hybridized carbons (Fsp3) is 0.0800. The van der Waals surface area contributed by atoms with Crippen molar-refractivity contribution in [2.45, 2.75) is 6.61 Å². The fourth-order valence-electron chi connectivity index (χ4n) is 3.24. The number of fused-ring (bicyclic) bond motifs is 1. The number of benzene rings is 2. The number of methoxy groups -OCH3 is 1. The standard InChI is InChI=1S/C25H19N3O3S2/c1-30-21-14-18(9-11-20(21)31-16-17-6-3-2-4-7-17)15-22-24(29)28-25(33-22)26-23(27-28)12-10-19-8-5-13-32-19/h2-15H,16H2,1H3. The van der Waals surface area contributed by atoms with Crippen LogP contribution in [0.2, 0.25) is 0 Å². The Balaban J connectivity index is 1.38. The van der Waals surface area contributed by atoms with E-state index in [-0.39, 0.29) is 5.56 Å². The zero-order chi connectivity index (χ0) is 22.6. The van der Waals surface area contributed by atoms with E-state index in [0.29, 0.717) is 33.4 Å². The number of rotatable bonds is 7. The average Bonchev–Trinajstić information content (AvgIpc) is 3.56. The summed E-state index contributed by atoms with van der Waals surface area (Å²) in [5.74, 6) is 1.76. The molecule has 0 aliphatic rings. The minimum atomic E-state index is -0.193. The van der Waals surface area contributed by atoms with Gasteiger partial charge in [0.05, 0.1) is 11.6 Å². The lowest BCUT2D eigenvalue weighted by molar-refractivity contribution is 0.284. The Morgan fingerprint density at radius 3 is 2.67 bits per heavy atom. The van der Waals surface area contributed by atoms with Gasteiger partial charge in [-0.15, -0.1) is 16.4 Å². The molecular formula is C25H19N3O3S2. The molecule has 0 N–H and O–H groups in total. The highest BCUT2D eigenvalue weighted by Gasteiger charge is 2.10. The number of nitrogens with zero attached hydrogens (tertiary/aromatic N) is 3. The number of hydrogen-bond donors (Lipinski definition) is 0. The lowest BCUT2D eigenvalue weighted by Crippen LogP contribution is -2.23. The second-order valence-electron chi connectivity index (χ2n) is 7.11. The Bertz CT molecular complexity index is 1520. The molecule has 33 heavy (non-hydrogen) atoms. The van der Waals surface area contributed by atoms with Gasteiger partial charge in [-0.1, -0.05) is 53.8 Å². The third-order valence-corrected chi connectivity index (χ3v) is 6.66. The molecular weight excluding hydrogens is 454 g/mol. The van der Waals surface area contributed by atoms with Crippen molar-refractivity contribution in [2.24, 2.45) is 0 Å². The van der Waals surface area contributed by atoms with Crippen molar-refractivity contribution in [3.8, 4) is 11.5 Å². The molecule has 0 radical (unpaired) electrons. The van der Waals surface area contributed by atoms with E-state index in [2.05, 4.69) is 10.1 Å². The summed E-state index contributed by atoms with van der Waals surface area (Å²) in [5, 5.41) is 6.34. The van der Waals surface area contributed by atoms with Gasteiger partial charge in [-0.2, -0.15) is 9.50 Å². The van der Waals surface area contributed by atoms with Gasteiger partial charge in [-0.25, -0.2) is 0 Å². The summed E-state index contributed by atoms with van der Waals surface area (Å²) >= 11 is 2.94. The van der Waals surface area contributed by atoms with Crippen LogP contribution in [-0.4, -0.2) is 21.7 Å². The van der Waals surface area contributed by atoms with Crippen LogP contribution in [0.5, 0.6) is 11.5 Å². The molecule has 0 atom stereocenters. The van der Waals surface area contributed by atoms with Crippen LogP contribution in [0.15, 0.2) is 70.8 Å². The van der Waals surface area contributed by atoms with E-state index in [9.17, 15) is 4.79 Å². The van der Waals surface area contributed by atoms with E-state index in [1.54, 1.807) is 18.4 Å². The highest BCUT2D eigenvalue weighted by Crippen LogP contribution is 2.29. The quantitative estimate of drug-likeness (QED) is 0.348. The van der Waals surface area contributed by atoms with Crippen molar-refractivity contribution >= 4 is 45.9 Å². The van der Waals surface area contributed by atoms with Gasteiger partial charge in [-0.3, -0.25) is 4.79 Å². The SMILES string of the molecule is COc1cc(C=c2sc3nc(C=Cc4cccs4)nn3c2=O)ccc1OCc1ccccc1. The van der Waals surface area contributed by atoms with Crippen LogP contribution >= 0.6 is 22.7 Å². The van der Waals surface area contributed by atoms with E-state index < -0.39 is 0 Å². The molecule has 3 aromatic heterocycles. The van der Waals surface area contributed by atoms with Gasteiger partial charge in [0, 0.05) is 4.88 Å². The van der Waals surface area contributed by atoms with Crippen molar-refractivity contribution in [2.75, 3.05) is 7.11 Å². The molecule has 0 aliphatic carbocycles. The number of hydrogen-bond acceptors (Lipinski definition) is 7. The predicted molar refractivity (Wildman–Crippen MR) is 133 cm³/mol. The molecule has 0 unspecified atom stereocenters. The first-order valence-electron chi connectivity index (χ1n) is 10.2. The summed E-state index contributed by atoms with van der Waals surface area (Å²) in [4.78, 5) is 18.9. The van der Waals surface area contributed by atoms with Gasteiger partial charge in [0.1, 0.15) is 6.61 Å². The zero-order valence-corrected chi connectivity index (χ0v) is 19.3. The normalized spacial score (nSPS) is 12.1. The summed E-state index contributed by atoms with van der Waals surface area (Å²) < 4.78 is 13.3. The van der Waals surface area contributed by atoms with E-state index >= 15 is 0 Å². The van der Waals surface area contributed by atoms with E-state index in [1.165, 1.54) is 15.9 Å². The maximum atomic E-state index is 12.8. The Morgan fingerprint density at radius 2 is 1.91 bits per heavy atom. The van der Waals surface area contributed by atoms with Gasteiger partial charge in [0.25, 0.3) is 5.56 Å². The summed E-state index contributed by atoms with van der Waals surface area (Å²) in [6, 6.07) is 19.5. The molecule has 5 aromatic rings. The van der Waals surface area contributed by atoms with E-state index in [4.69, 9.17) is 9.47 Å². The second kappa shape index (κ2) is 9.40. The summed E-state index contributed by atoms with van der Waals surface area (Å²) in [6.45, 7) is 0.446. The molecule has 164 valence electrons. The summed E-state index contributed by atoms with van der Waals surface area (Å²) in [5.41, 5.74) is 1.71. The van der Waals surface area contributed by atoms with Gasteiger partial charge in [-0.05, 0) is 52.9 Å². The number of thiazole rings is 1. The number of thiophene rings is 1. The monoisotopic (exact) mass is 473 g/mol. The van der Waals surface area contributed by atoms with Gasteiger partial charge >= 0.3 is 0 Å². The molecule has 8 heteroatoms. The molecule has 0 saturated carbocycles. The minimum absolute atomic E-state index is 0.193. The average molecular weight is 474 g/mol. The second-order valence-corrected chi connectivity index (χ2v) is 9.10. The molecule has 5 rings (SSSR count). The lowest BCUT2D eigenvalue weighted by atomic mass is 10.2. The van der Waals surface area contributed by atoms with Crippen molar-refractivity contribution < 1.29 is 9.47 Å². The first-order chi connectivity index (χ1) is 16.2.